The Bertz CT molecular complexity index is 714. The van der Waals surface area contributed by atoms with Crippen LogP contribution in [0.25, 0.3) is 22.7 Å². The lowest BCUT2D eigenvalue weighted by molar-refractivity contribution is 0.418. The number of likely N-dealkylation sites (N-methyl/N-ethyl adjacent to an activating group) is 1. The summed E-state index contributed by atoms with van der Waals surface area (Å²) in [5.74, 6) is 1.26. The van der Waals surface area contributed by atoms with Crippen molar-refractivity contribution in [2.24, 2.45) is 0 Å². The first-order valence-corrected chi connectivity index (χ1v) is 7.69. The molecule has 0 aliphatic carbocycles. The largest absolute Gasteiger partial charge is 0.334 e. The molecule has 1 atom stereocenters. The number of hydrogen-bond donors (Lipinski definition) is 1. The Morgan fingerprint density at radius 3 is 2.86 bits per heavy atom. The van der Waals surface area contributed by atoms with Crippen LogP contribution in [0.15, 0.2) is 39.7 Å². The van der Waals surface area contributed by atoms with Crippen molar-refractivity contribution in [2.75, 3.05) is 7.05 Å². The van der Waals surface area contributed by atoms with Crippen LogP contribution in [0.4, 0.5) is 0 Å². The molecule has 1 aromatic carbocycles. The molecule has 22 heavy (non-hydrogen) atoms. The van der Waals surface area contributed by atoms with Crippen molar-refractivity contribution in [3.63, 3.8) is 0 Å². The molecule has 0 saturated carbocycles. The molecule has 7 heteroatoms. The maximum atomic E-state index is 5.36. The molecule has 0 bridgehead atoms. The fourth-order valence-electron chi connectivity index (χ4n) is 2.00. The number of rotatable bonds is 5. The summed E-state index contributed by atoms with van der Waals surface area (Å²) in [7, 11) is 1.92. The molecule has 3 aromatic rings. The SMILES string of the molecule is CNC(C)Cc1noc(-c2cccc(-c3cscn3)c2)n1.Cl. The molecule has 0 saturated heterocycles. The monoisotopic (exact) mass is 336 g/mol. The van der Waals surface area contributed by atoms with E-state index in [0.717, 1.165) is 23.2 Å². The highest BCUT2D eigenvalue weighted by Crippen LogP contribution is 2.25. The Labute approximate surface area is 139 Å². The van der Waals surface area contributed by atoms with Gasteiger partial charge < -0.3 is 9.84 Å². The second-order valence-corrected chi connectivity index (χ2v) is 5.58. The van der Waals surface area contributed by atoms with Crippen molar-refractivity contribution in [2.45, 2.75) is 19.4 Å². The van der Waals surface area contributed by atoms with E-state index in [2.05, 4.69) is 27.4 Å². The quantitative estimate of drug-likeness (QED) is 0.773. The standard InChI is InChI=1S/C15H16N4OS.ClH/c1-10(16-2)6-14-18-15(20-19-14)12-5-3-4-11(7-12)13-8-21-9-17-13;/h3-5,7-10,16H,6H2,1-2H3;1H. The minimum Gasteiger partial charge on any atom is -0.334 e. The van der Waals surface area contributed by atoms with E-state index >= 15 is 0 Å². The maximum Gasteiger partial charge on any atom is 0.257 e. The molecule has 2 heterocycles. The van der Waals surface area contributed by atoms with E-state index in [1.54, 1.807) is 11.3 Å². The Morgan fingerprint density at radius 1 is 1.32 bits per heavy atom. The Kier molecular flexibility index (Phi) is 5.65. The molecular formula is C15H17ClN4OS. The summed E-state index contributed by atoms with van der Waals surface area (Å²) in [5, 5.41) is 9.22. The summed E-state index contributed by atoms with van der Waals surface area (Å²) in [6, 6.07) is 8.31. The number of halogens is 1. The van der Waals surface area contributed by atoms with Crippen LogP contribution in [-0.2, 0) is 6.42 Å². The topological polar surface area (TPSA) is 63.8 Å². The number of nitrogens with one attached hydrogen (secondary N) is 1. The van der Waals surface area contributed by atoms with Gasteiger partial charge in [0.25, 0.3) is 5.89 Å². The molecule has 1 unspecified atom stereocenters. The van der Waals surface area contributed by atoms with E-state index in [-0.39, 0.29) is 12.4 Å². The van der Waals surface area contributed by atoms with Crippen molar-refractivity contribution in [3.05, 3.63) is 41.0 Å². The molecule has 116 valence electrons. The van der Waals surface area contributed by atoms with E-state index in [9.17, 15) is 0 Å². The first kappa shape index (κ1) is 16.6. The zero-order valence-electron chi connectivity index (χ0n) is 12.3. The second kappa shape index (κ2) is 7.49. The molecular weight excluding hydrogens is 320 g/mol. The lowest BCUT2D eigenvalue weighted by Crippen LogP contribution is -2.24. The normalized spacial score (nSPS) is 11.9. The summed E-state index contributed by atoms with van der Waals surface area (Å²) in [6.07, 6.45) is 0.742. The minimum absolute atomic E-state index is 0. The lowest BCUT2D eigenvalue weighted by Gasteiger charge is -2.04. The van der Waals surface area contributed by atoms with Gasteiger partial charge in [-0.15, -0.1) is 23.7 Å². The summed E-state index contributed by atoms with van der Waals surface area (Å²) in [4.78, 5) is 8.78. The van der Waals surface area contributed by atoms with Gasteiger partial charge in [0, 0.05) is 29.0 Å². The van der Waals surface area contributed by atoms with Gasteiger partial charge in [0.2, 0.25) is 0 Å². The van der Waals surface area contributed by atoms with Crippen LogP contribution in [0, 0.1) is 0 Å². The molecule has 0 amide bonds. The van der Waals surface area contributed by atoms with Crippen LogP contribution >= 0.6 is 23.7 Å². The molecule has 0 spiro atoms. The van der Waals surface area contributed by atoms with Gasteiger partial charge in [-0.3, -0.25) is 0 Å². The highest BCUT2D eigenvalue weighted by Gasteiger charge is 2.12. The first-order chi connectivity index (χ1) is 10.3. The fraction of sp³-hybridized carbons (Fsp3) is 0.267. The van der Waals surface area contributed by atoms with Crippen LogP contribution in [0.2, 0.25) is 0 Å². The molecule has 0 aliphatic rings. The second-order valence-electron chi connectivity index (χ2n) is 4.86. The van der Waals surface area contributed by atoms with Gasteiger partial charge in [-0.2, -0.15) is 4.98 Å². The van der Waals surface area contributed by atoms with E-state index in [4.69, 9.17) is 4.52 Å². The van der Waals surface area contributed by atoms with E-state index in [1.165, 1.54) is 0 Å². The average Bonchev–Trinajstić information content (AvgIpc) is 3.19. The lowest BCUT2D eigenvalue weighted by atomic mass is 10.1. The van der Waals surface area contributed by atoms with Crippen molar-refractivity contribution >= 4 is 23.7 Å². The number of aromatic nitrogens is 3. The molecule has 2 aromatic heterocycles. The van der Waals surface area contributed by atoms with Crippen LogP contribution in [0.3, 0.4) is 0 Å². The average molecular weight is 337 g/mol. The zero-order valence-corrected chi connectivity index (χ0v) is 13.9. The third-order valence-corrected chi connectivity index (χ3v) is 3.87. The number of hydrogen-bond acceptors (Lipinski definition) is 6. The predicted molar refractivity (Wildman–Crippen MR) is 90.3 cm³/mol. The minimum atomic E-state index is 0. The van der Waals surface area contributed by atoms with Crippen LogP contribution in [-0.4, -0.2) is 28.2 Å². The van der Waals surface area contributed by atoms with Gasteiger partial charge in [0.15, 0.2) is 5.82 Å². The van der Waals surface area contributed by atoms with Crippen molar-refractivity contribution in [3.8, 4) is 22.7 Å². The maximum absolute atomic E-state index is 5.36. The van der Waals surface area contributed by atoms with Gasteiger partial charge in [-0.1, -0.05) is 17.3 Å². The number of nitrogens with zero attached hydrogens (tertiary/aromatic N) is 3. The Morgan fingerprint density at radius 2 is 2.14 bits per heavy atom. The summed E-state index contributed by atoms with van der Waals surface area (Å²) in [6.45, 7) is 2.08. The van der Waals surface area contributed by atoms with Crippen molar-refractivity contribution < 1.29 is 4.52 Å². The highest BCUT2D eigenvalue weighted by molar-refractivity contribution is 7.07. The van der Waals surface area contributed by atoms with Crippen LogP contribution in [0.1, 0.15) is 12.7 Å². The van der Waals surface area contributed by atoms with E-state index in [0.29, 0.717) is 17.8 Å². The molecule has 0 aliphatic heterocycles. The summed E-state index contributed by atoms with van der Waals surface area (Å²) >= 11 is 1.58. The van der Waals surface area contributed by atoms with E-state index in [1.807, 2.05) is 42.2 Å². The molecule has 0 fully saturated rings. The molecule has 0 radical (unpaired) electrons. The highest BCUT2D eigenvalue weighted by atomic mass is 35.5. The Balaban J connectivity index is 0.00000176. The van der Waals surface area contributed by atoms with Gasteiger partial charge >= 0.3 is 0 Å². The van der Waals surface area contributed by atoms with Crippen molar-refractivity contribution in [1.82, 2.24) is 20.4 Å². The predicted octanol–water partition coefficient (Wildman–Crippen LogP) is 3.43. The molecule has 3 rings (SSSR count). The van der Waals surface area contributed by atoms with Gasteiger partial charge in [-0.05, 0) is 26.1 Å². The number of thiazole rings is 1. The first-order valence-electron chi connectivity index (χ1n) is 6.75. The third-order valence-electron chi connectivity index (χ3n) is 3.29. The van der Waals surface area contributed by atoms with Crippen molar-refractivity contribution in [1.29, 1.82) is 0 Å². The Hall–Kier alpha value is -1.76. The third kappa shape index (κ3) is 3.71. The van der Waals surface area contributed by atoms with Gasteiger partial charge in [0.1, 0.15) is 0 Å². The fourth-order valence-corrected chi connectivity index (χ4v) is 2.56. The molecule has 1 N–H and O–H groups in total. The molecule has 5 nitrogen and oxygen atoms in total. The summed E-state index contributed by atoms with van der Waals surface area (Å²) in [5.41, 5.74) is 4.75. The summed E-state index contributed by atoms with van der Waals surface area (Å²) < 4.78 is 5.36. The van der Waals surface area contributed by atoms with Crippen LogP contribution < -0.4 is 5.32 Å². The zero-order chi connectivity index (χ0) is 14.7. The van der Waals surface area contributed by atoms with E-state index < -0.39 is 0 Å². The van der Waals surface area contributed by atoms with Gasteiger partial charge in [-0.25, -0.2) is 4.98 Å². The van der Waals surface area contributed by atoms with Crippen LogP contribution in [0.5, 0.6) is 0 Å². The number of benzene rings is 1. The van der Waals surface area contributed by atoms with Gasteiger partial charge in [0.05, 0.1) is 11.2 Å². The smallest absolute Gasteiger partial charge is 0.257 e.